The van der Waals surface area contributed by atoms with Gasteiger partial charge in [-0.1, -0.05) is 29.5 Å². The Hall–Kier alpha value is -0.960. The molecule has 0 atom stereocenters. The molecule has 0 fully saturated rings. The van der Waals surface area contributed by atoms with Crippen molar-refractivity contribution in [3.63, 3.8) is 0 Å². The highest BCUT2D eigenvalue weighted by molar-refractivity contribution is 8.13. The summed E-state index contributed by atoms with van der Waals surface area (Å²) in [6.45, 7) is 4.04. The van der Waals surface area contributed by atoms with Crippen molar-refractivity contribution in [3.05, 3.63) is 29.8 Å². The predicted molar refractivity (Wildman–Crippen MR) is 64.3 cm³/mol. The Morgan fingerprint density at radius 2 is 2.00 bits per heavy atom. The van der Waals surface area contributed by atoms with Crippen LogP contribution in [0.2, 0.25) is 0 Å². The van der Waals surface area contributed by atoms with E-state index in [4.69, 9.17) is 0 Å². The van der Waals surface area contributed by atoms with Crippen molar-refractivity contribution in [1.82, 2.24) is 0 Å². The summed E-state index contributed by atoms with van der Waals surface area (Å²) in [5, 5.41) is 1.13. The molecule has 0 saturated carbocycles. The van der Waals surface area contributed by atoms with Crippen molar-refractivity contribution < 1.29 is 0 Å². The molecule has 0 saturated heterocycles. The third-order valence-corrected chi connectivity index (χ3v) is 3.04. The molecule has 0 unspecified atom stereocenters. The molecule has 0 bridgehead atoms. The van der Waals surface area contributed by atoms with E-state index in [9.17, 15) is 0 Å². The maximum Gasteiger partial charge on any atom is 0.163 e. The van der Waals surface area contributed by atoms with Crippen LogP contribution in [0.5, 0.6) is 0 Å². The fraction of sp³-hybridized carbons (Fsp3) is 0.364. The second-order valence-electron chi connectivity index (χ2n) is 3.36. The second-order valence-corrected chi connectivity index (χ2v) is 4.13. The third kappa shape index (κ3) is 1.77. The maximum absolute atomic E-state index is 4.44. The van der Waals surface area contributed by atoms with Crippen LogP contribution in [0.15, 0.2) is 29.3 Å². The average Bonchev–Trinajstić information content (AvgIpc) is 2.67. The summed E-state index contributed by atoms with van der Waals surface area (Å²) in [5.41, 5.74) is 2.55. The van der Waals surface area contributed by atoms with Crippen LogP contribution < -0.4 is 4.90 Å². The van der Waals surface area contributed by atoms with E-state index in [1.165, 1.54) is 11.3 Å². The quantitative estimate of drug-likeness (QED) is 0.701. The maximum atomic E-state index is 4.44. The molecule has 0 aromatic heterocycles. The Bertz CT molecular complexity index is 343. The van der Waals surface area contributed by atoms with Gasteiger partial charge in [0, 0.05) is 12.2 Å². The van der Waals surface area contributed by atoms with Gasteiger partial charge in [0.05, 0.1) is 6.54 Å². The van der Waals surface area contributed by atoms with Crippen molar-refractivity contribution >= 4 is 22.6 Å². The number of anilines is 1. The van der Waals surface area contributed by atoms with E-state index in [2.05, 4.69) is 47.3 Å². The predicted octanol–water partition coefficient (Wildman–Crippen LogP) is 2.53. The summed E-state index contributed by atoms with van der Waals surface area (Å²) in [7, 11) is 0. The average molecular weight is 206 g/mol. The van der Waals surface area contributed by atoms with Gasteiger partial charge in [0.25, 0.3) is 0 Å². The summed E-state index contributed by atoms with van der Waals surface area (Å²) < 4.78 is 0. The largest absolute Gasteiger partial charge is 0.319 e. The summed E-state index contributed by atoms with van der Waals surface area (Å²) in [4.78, 5) is 6.71. The molecule has 0 amide bonds. The van der Waals surface area contributed by atoms with Crippen LogP contribution in [0.3, 0.4) is 0 Å². The van der Waals surface area contributed by atoms with Crippen molar-refractivity contribution in [2.24, 2.45) is 4.99 Å². The van der Waals surface area contributed by atoms with E-state index < -0.39 is 0 Å². The highest BCUT2D eigenvalue weighted by Crippen LogP contribution is 2.21. The van der Waals surface area contributed by atoms with Gasteiger partial charge in [0.2, 0.25) is 0 Å². The van der Waals surface area contributed by atoms with Crippen molar-refractivity contribution in [1.29, 1.82) is 0 Å². The minimum absolute atomic E-state index is 0.921. The minimum atomic E-state index is 0.921. The molecular weight excluding hydrogens is 192 g/mol. The lowest BCUT2D eigenvalue weighted by atomic mass is 10.2. The lowest BCUT2D eigenvalue weighted by Crippen LogP contribution is -2.24. The number of aliphatic imine (C=N–C) groups is 1. The first-order valence-corrected chi connectivity index (χ1v) is 5.96. The van der Waals surface area contributed by atoms with Gasteiger partial charge in [0.15, 0.2) is 5.17 Å². The molecule has 1 aliphatic rings. The molecule has 0 radical (unpaired) electrons. The number of nitrogens with zero attached hydrogens (tertiary/aromatic N) is 2. The zero-order valence-corrected chi connectivity index (χ0v) is 9.34. The van der Waals surface area contributed by atoms with Crippen LogP contribution in [0.4, 0.5) is 5.69 Å². The molecule has 1 heterocycles. The van der Waals surface area contributed by atoms with Gasteiger partial charge in [-0.05, 0) is 25.3 Å². The van der Waals surface area contributed by atoms with Gasteiger partial charge in [0.1, 0.15) is 0 Å². The standard InChI is InChI=1S/C11H14N2S/c1-9-3-5-10(6-4-9)13-8-7-12-11(13)14-2/h3-6H,7-8H2,1-2H3. The third-order valence-electron chi connectivity index (χ3n) is 2.33. The van der Waals surface area contributed by atoms with E-state index in [1.54, 1.807) is 11.8 Å². The first-order chi connectivity index (χ1) is 6.81. The number of hydrogen-bond acceptors (Lipinski definition) is 3. The lowest BCUT2D eigenvalue weighted by Gasteiger charge is -2.18. The van der Waals surface area contributed by atoms with E-state index in [0.717, 1.165) is 18.3 Å². The molecule has 74 valence electrons. The summed E-state index contributed by atoms with van der Waals surface area (Å²) >= 11 is 1.72. The molecule has 1 aliphatic heterocycles. The zero-order valence-electron chi connectivity index (χ0n) is 8.53. The van der Waals surface area contributed by atoms with Gasteiger partial charge in [-0.15, -0.1) is 0 Å². The molecule has 3 heteroatoms. The molecule has 2 nitrogen and oxygen atoms in total. The Labute approximate surface area is 89.0 Å². The molecule has 0 spiro atoms. The number of amidine groups is 1. The normalized spacial score (nSPS) is 15.9. The fourth-order valence-corrected chi connectivity index (χ4v) is 2.20. The van der Waals surface area contributed by atoms with Crippen molar-refractivity contribution in [2.75, 3.05) is 24.2 Å². The van der Waals surface area contributed by atoms with Crippen LogP contribution in [0.1, 0.15) is 5.56 Å². The Kier molecular flexibility index (Phi) is 2.77. The molecular formula is C11H14N2S. The van der Waals surface area contributed by atoms with E-state index >= 15 is 0 Å². The molecule has 0 N–H and O–H groups in total. The van der Waals surface area contributed by atoms with Crippen molar-refractivity contribution in [2.45, 2.75) is 6.92 Å². The number of aryl methyl sites for hydroxylation is 1. The minimum Gasteiger partial charge on any atom is -0.319 e. The van der Waals surface area contributed by atoms with Gasteiger partial charge in [-0.3, -0.25) is 4.99 Å². The van der Waals surface area contributed by atoms with Crippen LogP contribution in [-0.2, 0) is 0 Å². The van der Waals surface area contributed by atoms with Crippen LogP contribution in [0, 0.1) is 6.92 Å². The smallest absolute Gasteiger partial charge is 0.163 e. The summed E-state index contributed by atoms with van der Waals surface area (Å²) in [6.07, 6.45) is 2.07. The molecule has 14 heavy (non-hydrogen) atoms. The highest BCUT2D eigenvalue weighted by atomic mass is 32.2. The number of benzene rings is 1. The van der Waals surface area contributed by atoms with Crippen LogP contribution in [0.25, 0.3) is 0 Å². The number of hydrogen-bond donors (Lipinski definition) is 0. The fourth-order valence-electron chi connectivity index (χ4n) is 1.57. The Morgan fingerprint density at radius 3 is 2.64 bits per heavy atom. The second kappa shape index (κ2) is 4.05. The number of thioether (sulfide) groups is 1. The lowest BCUT2D eigenvalue weighted by molar-refractivity contribution is 1.02. The first-order valence-electron chi connectivity index (χ1n) is 4.74. The van der Waals surface area contributed by atoms with Gasteiger partial charge >= 0.3 is 0 Å². The topological polar surface area (TPSA) is 15.6 Å². The first kappa shape index (κ1) is 9.59. The monoisotopic (exact) mass is 206 g/mol. The Morgan fingerprint density at radius 1 is 1.29 bits per heavy atom. The number of rotatable bonds is 1. The summed E-state index contributed by atoms with van der Waals surface area (Å²) in [5.74, 6) is 0. The molecule has 1 aromatic carbocycles. The summed E-state index contributed by atoms with van der Waals surface area (Å²) in [6, 6.07) is 8.61. The van der Waals surface area contributed by atoms with Crippen LogP contribution >= 0.6 is 11.8 Å². The van der Waals surface area contributed by atoms with E-state index in [-0.39, 0.29) is 0 Å². The molecule has 0 aliphatic carbocycles. The van der Waals surface area contributed by atoms with Gasteiger partial charge in [-0.25, -0.2) is 0 Å². The van der Waals surface area contributed by atoms with Crippen LogP contribution in [-0.4, -0.2) is 24.5 Å². The molecule has 1 aromatic rings. The van der Waals surface area contributed by atoms with E-state index in [1.807, 2.05) is 0 Å². The van der Waals surface area contributed by atoms with Gasteiger partial charge in [-0.2, -0.15) is 0 Å². The van der Waals surface area contributed by atoms with E-state index in [0.29, 0.717) is 0 Å². The SMILES string of the molecule is CSC1=NCCN1c1ccc(C)cc1. The molecule has 2 rings (SSSR count). The highest BCUT2D eigenvalue weighted by Gasteiger charge is 2.16. The van der Waals surface area contributed by atoms with Gasteiger partial charge < -0.3 is 4.90 Å². The Balaban J connectivity index is 2.23. The zero-order chi connectivity index (χ0) is 9.97. The van der Waals surface area contributed by atoms with Crippen molar-refractivity contribution in [3.8, 4) is 0 Å².